The largest absolute Gasteiger partial charge is 0.464 e. The molecule has 5 unspecified atom stereocenters. The lowest BCUT2D eigenvalue weighted by Crippen LogP contribution is -2.51. The minimum atomic E-state index is -4.49. The molecule has 0 spiro atoms. The van der Waals surface area contributed by atoms with Crippen molar-refractivity contribution >= 4 is 28.0 Å². The second-order valence-electron chi connectivity index (χ2n) is 12.9. The first kappa shape index (κ1) is 41.9. The maximum atomic E-state index is 13.4. The van der Waals surface area contributed by atoms with Crippen molar-refractivity contribution < 1.29 is 63.9 Å². The molecular formula is C27H47F5N2O9S. The van der Waals surface area contributed by atoms with E-state index in [1.165, 1.54) is 41.5 Å². The van der Waals surface area contributed by atoms with Crippen LogP contribution in [0.4, 0.5) is 22.0 Å². The zero-order chi connectivity index (χ0) is 34.9. The fourth-order valence-corrected chi connectivity index (χ4v) is 5.79. The Morgan fingerprint density at radius 1 is 0.932 bits per heavy atom. The molecule has 0 aliphatic rings. The van der Waals surface area contributed by atoms with Crippen LogP contribution in [0.3, 0.4) is 0 Å². The van der Waals surface area contributed by atoms with Crippen molar-refractivity contribution in [2.24, 2.45) is 16.7 Å². The number of carbonyl (C=O) groups is 3. The number of rotatable bonds is 19. The summed E-state index contributed by atoms with van der Waals surface area (Å²) in [4.78, 5) is 39.7. The summed E-state index contributed by atoms with van der Waals surface area (Å²) in [6, 6.07) is 0. The van der Waals surface area contributed by atoms with Gasteiger partial charge in [-0.1, -0.05) is 13.8 Å². The van der Waals surface area contributed by atoms with Gasteiger partial charge in [-0.2, -0.15) is 21.6 Å². The molecule has 0 aromatic rings. The molecule has 5 atom stereocenters. The van der Waals surface area contributed by atoms with E-state index in [9.17, 15) is 54.4 Å². The van der Waals surface area contributed by atoms with Gasteiger partial charge in [-0.3, -0.25) is 18.9 Å². The molecule has 0 rings (SSSR count). The highest BCUT2D eigenvalue weighted by Gasteiger charge is 2.48. The molecule has 0 aliphatic carbocycles. The molecule has 0 aliphatic heterocycles. The summed E-state index contributed by atoms with van der Waals surface area (Å²) < 4.78 is 106. The Bertz CT molecular complexity index is 1090. The molecule has 1 amide bonds. The fourth-order valence-electron chi connectivity index (χ4n) is 4.81. The van der Waals surface area contributed by atoms with Gasteiger partial charge in [0.05, 0.1) is 28.7 Å². The number of hydrogen-bond acceptors (Lipinski definition) is 9. The molecule has 0 aromatic heterocycles. The van der Waals surface area contributed by atoms with E-state index < -0.39 is 99.9 Å². The van der Waals surface area contributed by atoms with Crippen LogP contribution in [-0.4, -0.2) is 91.2 Å². The number of halogens is 5. The summed E-state index contributed by atoms with van der Waals surface area (Å²) >= 11 is 0. The predicted octanol–water partition coefficient (Wildman–Crippen LogP) is 3.64. The third kappa shape index (κ3) is 15.3. The molecule has 0 aromatic carbocycles. The maximum absolute atomic E-state index is 13.4. The molecule has 0 bridgehead atoms. The van der Waals surface area contributed by atoms with Crippen LogP contribution in [0, 0.1) is 16.7 Å². The van der Waals surface area contributed by atoms with Gasteiger partial charge in [0.25, 0.3) is 16.5 Å². The van der Waals surface area contributed by atoms with Crippen LogP contribution in [0.15, 0.2) is 0 Å². The lowest BCUT2D eigenvalue weighted by atomic mass is 9.68. The van der Waals surface area contributed by atoms with Gasteiger partial charge in [0, 0.05) is 18.9 Å². The Balaban J connectivity index is 6.06. The quantitative estimate of drug-likeness (QED) is 0.0689. The summed E-state index contributed by atoms with van der Waals surface area (Å²) in [6.45, 7) is 8.61. The van der Waals surface area contributed by atoms with Crippen LogP contribution in [0.2, 0.25) is 0 Å². The number of ether oxygens (including phenoxy) is 2. The number of aliphatic hydroxyl groups is 1. The van der Waals surface area contributed by atoms with Gasteiger partial charge in [0.1, 0.15) is 18.3 Å². The topological polar surface area (TPSA) is 168 Å². The van der Waals surface area contributed by atoms with Crippen molar-refractivity contribution in [3.8, 4) is 0 Å². The summed E-state index contributed by atoms with van der Waals surface area (Å²) in [5.41, 5.74) is -6.92. The molecule has 0 saturated carbocycles. The van der Waals surface area contributed by atoms with E-state index in [1.54, 1.807) is 6.92 Å². The highest BCUT2D eigenvalue weighted by atomic mass is 32.2. The van der Waals surface area contributed by atoms with Crippen molar-refractivity contribution in [3.05, 3.63) is 0 Å². The average molecular weight is 671 g/mol. The minimum Gasteiger partial charge on any atom is -0.464 e. The van der Waals surface area contributed by atoms with Gasteiger partial charge in [-0.25, -0.2) is 8.78 Å². The Hall–Kier alpha value is -2.11. The average Bonchev–Trinajstić information content (AvgIpc) is 2.80. The number of nitrogens with one attached hydrogen (secondary N) is 2. The van der Waals surface area contributed by atoms with Crippen LogP contribution in [0.25, 0.3) is 0 Å². The Morgan fingerprint density at radius 3 is 1.93 bits per heavy atom. The van der Waals surface area contributed by atoms with Gasteiger partial charge in [0.2, 0.25) is 5.91 Å². The molecule has 11 nitrogen and oxygen atoms in total. The molecule has 0 saturated heterocycles. The first-order chi connectivity index (χ1) is 19.6. The van der Waals surface area contributed by atoms with Crippen molar-refractivity contribution in [1.82, 2.24) is 10.6 Å². The van der Waals surface area contributed by atoms with Crippen LogP contribution >= 0.6 is 0 Å². The Kier molecular flexibility index (Phi) is 15.2. The summed E-state index contributed by atoms with van der Waals surface area (Å²) in [5.74, 6) is -4.33. The van der Waals surface area contributed by atoms with Gasteiger partial charge >= 0.3 is 18.1 Å². The van der Waals surface area contributed by atoms with Gasteiger partial charge in [-0.05, 0) is 60.8 Å². The number of amides is 1. The SMILES string of the molecule is CCC(C)(CC(C)(CC(C)C(=O)NC(C)(C)CS(=O)(=O)O)C(=O)OCCNCC(F)(F)F)C(=O)OC(C)CC(C)(O)C(F)F. The molecule has 0 radical (unpaired) electrons. The van der Waals surface area contributed by atoms with Gasteiger partial charge in [-0.15, -0.1) is 0 Å². The molecular weight excluding hydrogens is 623 g/mol. The molecule has 0 heterocycles. The van der Waals surface area contributed by atoms with Crippen LogP contribution in [0.5, 0.6) is 0 Å². The van der Waals surface area contributed by atoms with E-state index in [0.717, 1.165) is 6.92 Å². The van der Waals surface area contributed by atoms with Crippen molar-refractivity contribution in [1.29, 1.82) is 0 Å². The Morgan fingerprint density at radius 2 is 1.48 bits per heavy atom. The maximum Gasteiger partial charge on any atom is 0.401 e. The Labute approximate surface area is 255 Å². The third-order valence-electron chi connectivity index (χ3n) is 7.07. The second kappa shape index (κ2) is 15.9. The number of alkyl halides is 5. The van der Waals surface area contributed by atoms with E-state index in [2.05, 4.69) is 10.6 Å². The number of esters is 2. The predicted molar refractivity (Wildman–Crippen MR) is 150 cm³/mol. The first-order valence-corrected chi connectivity index (χ1v) is 15.6. The minimum absolute atomic E-state index is 0.0712. The summed E-state index contributed by atoms with van der Waals surface area (Å²) in [5, 5.41) is 14.5. The van der Waals surface area contributed by atoms with Crippen molar-refractivity contribution in [3.63, 3.8) is 0 Å². The molecule has 260 valence electrons. The van der Waals surface area contributed by atoms with Crippen LogP contribution in [-0.2, 0) is 34.0 Å². The van der Waals surface area contributed by atoms with E-state index in [1.807, 2.05) is 0 Å². The third-order valence-corrected chi connectivity index (χ3v) is 8.16. The highest BCUT2D eigenvalue weighted by molar-refractivity contribution is 7.85. The molecule has 4 N–H and O–H groups in total. The fraction of sp³-hybridized carbons (Fsp3) is 0.889. The van der Waals surface area contributed by atoms with Crippen molar-refractivity contribution in [2.75, 3.05) is 25.4 Å². The highest BCUT2D eigenvalue weighted by Crippen LogP contribution is 2.43. The summed E-state index contributed by atoms with van der Waals surface area (Å²) in [6.07, 6.45) is -9.83. The van der Waals surface area contributed by atoms with E-state index in [0.29, 0.717) is 0 Å². The lowest BCUT2D eigenvalue weighted by molar-refractivity contribution is -0.172. The lowest BCUT2D eigenvalue weighted by Gasteiger charge is -2.38. The second-order valence-corrected chi connectivity index (χ2v) is 14.3. The standard InChI is InChI=1S/C27H47F5N2O9S/c1-9-24(6,22(37)43-18(3)13-26(8,38)20(28)29)14-25(7,21(36)42-11-10-33-15-27(30,31)32)12-17(2)19(35)34-23(4,5)16-44(39,40)41/h17-18,20,33,38H,9-16H2,1-8H3,(H,34,35)(H,39,40,41). The van der Waals surface area contributed by atoms with Gasteiger partial charge < -0.3 is 25.2 Å². The first-order valence-electron chi connectivity index (χ1n) is 14.0. The zero-order valence-corrected chi connectivity index (χ0v) is 27.3. The van der Waals surface area contributed by atoms with E-state index in [-0.39, 0.29) is 25.8 Å². The molecule has 0 fully saturated rings. The zero-order valence-electron chi connectivity index (χ0n) is 26.4. The number of hydrogen-bond donors (Lipinski definition) is 4. The molecule has 17 heteroatoms. The molecule has 44 heavy (non-hydrogen) atoms. The van der Waals surface area contributed by atoms with E-state index in [4.69, 9.17) is 9.47 Å². The van der Waals surface area contributed by atoms with Crippen LogP contribution in [0.1, 0.15) is 81.1 Å². The normalized spacial score (nSPS) is 18.4. The van der Waals surface area contributed by atoms with Gasteiger partial charge in [0.15, 0.2) is 0 Å². The monoisotopic (exact) mass is 670 g/mol. The van der Waals surface area contributed by atoms with Crippen LogP contribution < -0.4 is 10.6 Å². The smallest absolute Gasteiger partial charge is 0.401 e. The van der Waals surface area contributed by atoms with E-state index >= 15 is 0 Å². The van der Waals surface area contributed by atoms with Crippen molar-refractivity contribution in [2.45, 2.75) is 111 Å². The summed E-state index contributed by atoms with van der Waals surface area (Å²) in [7, 11) is -4.46. The number of carbonyl (C=O) groups excluding carboxylic acids is 3.